The molecule has 0 saturated carbocycles. The minimum atomic E-state index is -3.84. The molecule has 0 unspecified atom stereocenters. The Kier molecular flexibility index (Phi) is 6.76. The van der Waals surface area contributed by atoms with Crippen molar-refractivity contribution < 1.29 is 12.8 Å². The Hall–Kier alpha value is -2.21. The zero-order valence-electron chi connectivity index (χ0n) is 16.5. The van der Waals surface area contributed by atoms with Gasteiger partial charge < -0.3 is 4.90 Å². The van der Waals surface area contributed by atoms with Crippen LogP contribution in [0.1, 0.15) is 38.8 Å². The molecule has 0 aliphatic rings. The number of amidine groups is 1. The van der Waals surface area contributed by atoms with Crippen molar-refractivity contribution in [1.82, 2.24) is 4.90 Å². The molecule has 4 nitrogen and oxygen atoms in total. The predicted octanol–water partition coefficient (Wildman–Crippen LogP) is 4.58. The number of benzene rings is 2. The van der Waals surface area contributed by atoms with Gasteiger partial charge in [0.25, 0.3) is 10.0 Å². The van der Waals surface area contributed by atoms with Gasteiger partial charge in [-0.3, -0.25) is 0 Å². The van der Waals surface area contributed by atoms with Crippen molar-refractivity contribution in [2.24, 2.45) is 4.40 Å². The van der Waals surface area contributed by atoms with E-state index < -0.39 is 10.0 Å². The molecular weight excluding hydrogens is 363 g/mol. The Labute approximate surface area is 161 Å². The van der Waals surface area contributed by atoms with Crippen LogP contribution in [0.3, 0.4) is 0 Å². The van der Waals surface area contributed by atoms with Crippen LogP contribution in [0, 0.1) is 12.7 Å². The Bertz CT molecular complexity index is 879. The summed E-state index contributed by atoms with van der Waals surface area (Å²) in [7, 11) is -3.84. The van der Waals surface area contributed by atoms with Crippen molar-refractivity contribution in [3.63, 3.8) is 0 Å². The van der Waals surface area contributed by atoms with Gasteiger partial charge in [0.15, 0.2) is 0 Å². The van der Waals surface area contributed by atoms with Gasteiger partial charge in [0.2, 0.25) is 0 Å². The van der Waals surface area contributed by atoms with E-state index in [1.165, 1.54) is 12.1 Å². The maximum absolute atomic E-state index is 13.2. The van der Waals surface area contributed by atoms with Crippen molar-refractivity contribution in [2.75, 3.05) is 0 Å². The van der Waals surface area contributed by atoms with Crippen LogP contribution in [0.15, 0.2) is 57.8 Å². The van der Waals surface area contributed by atoms with E-state index in [0.29, 0.717) is 12.3 Å². The second-order valence-electron chi connectivity index (χ2n) is 7.19. The van der Waals surface area contributed by atoms with Crippen LogP contribution in [-0.4, -0.2) is 31.2 Å². The first-order valence-corrected chi connectivity index (χ1v) is 10.5. The van der Waals surface area contributed by atoms with Gasteiger partial charge in [0.05, 0.1) is 4.90 Å². The highest BCUT2D eigenvalue weighted by Crippen LogP contribution is 2.18. The number of hydrogen-bond donors (Lipinski definition) is 0. The molecule has 0 spiro atoms. The molecular formula is C21H27FN2O2S. The lowest BCUT2D eigenvalue weighted by atomic mass is 10.1. The van der Waals surface area contributed by atoms with Crippen LogP contribution in [0.25, 0.3) is 0 Å². The third-order valence-electron chi connectivity index (χ3n) is 4.23. The molecule has 2 aromatic carbocycles. The third-order valence-corrected chi connectivity index (χ3v) is 5.55. The number of hydrogen-bond acceptors (Lipinski definition) is 2. The predicted molar refractivity (Wildman–Crippen MR) is 108 cm³/mol. The fourth-order valence-corrected chi connectivity index (χ4v) is 4.07. The highest BCUT2D eigenvalue weighted by atomic mass is 32.2. The van der Waals surface area contributed by atoms with E-state index in [1.807, 2.05) is 39.5 Å². The summed E-state index contributed by atoms with van der Waals surface area (Å²) in [6.45, 7) is 9.90. The lowest BCUT2D eigenvalue weighted by molar-refractivity contribution is 0.288. The first-order chi connectivity index (χ1) is 12.6. The van der Waals surface area contributed by atoms with E-state index in [2.05, 4.69) is 4.40 Å². The van der Waals surface area contributed by atoms with Gasteiger partial charge in [-0.15, -0.1) is 4.40 Å². The molecule has 0 amide bonds. The summed E-state index contributed by atoms with van der Waals surface area (Å²) < 4.78 is 43.2. The van der Waals surface area contributed by atoms with Crippen LogP contribution in [0.5, 0.6) is 0 Å². The number of sulfonamides is 1. The lowest BCUT2D eigenvalue weighted by Gasteiger charge is -2.34. The number of halogens is 1. The van der Waals surface area contributed by atoms with Gasteiger partial charge in [0, 0.05) is 18.5 Å². The second kappa shape index (κ2) is 8.65. The van der Waals surface area contributed by atoms with E-state index in [-0.39, 0.29) is 22.8 Å². The molecule has 0 saturated heterocycles. The summed E-state index contributed by atoms with van der Waals surface area (Å²) in [6, 6.07) is 12.8. The lowest BCUT2D eigenvalue weighted by Crippen LogP contribution is -2.43. The normalized spacial score (nSPS) is 12.7. The molecule has 2 aromatic rings. The molecule has 6 heteroatoms. The van der Waals surface area contributed by atoms with Gasteiger partial charge in [-0.05, 0) is 64.4 Å². The van der Waals surface area contributed by atoms with Crippen molar-refractivity contribution in [3.8, 4) is 0 Å². The van der Waals surface area contributed by atoms with Gasteiger partial charge in [0.1, 0.15) is 11.7 Å². The topological polar surface area (TPSA) is 49.7 Å². The average molecular weight is 391 g/mol. The molecule has 146 valence electrons. The van der Waals surface area contributed by atoms with Crippen molar-refractivity contribution in [1.29, 1.82) is 0 Å². The average Bonchev–Trinajstić information content (AvgIpc) is 2.56. The Morgan fingerprint density at radius 1 is 0.963 bits per heavy atom. The van der Waals surface area contributed by atoms with Crippen molar-refractivity contribution >= 4 is 15.9 Å². The standard InChI is InChI=1S/C21H27FN2O2S/c1-15(2)24(16(3)4)21(14-18-8-10-19(22)11-9-18)23-27(25,26)20-12-6-17(5)7-13-20/h6-13,15-16H,14H2,1-5H3/b23-21+. The molecule has 0 bridgehead atoms. The second-order valence-corrected chi connectivity index (χ2v) is 8.80. The third kappa shape index (κ3) is 5.63. The monoisotopic (exact) mass is 390 g/mol. The van der Waals surface area contributed by atoms with E-state index in [9.17, 15) is 12.8 Å². The number of rotatable bonds is 6. The highest BCUT2D eigenvalue weighted by molar-refractivity contribution is 7.90. The molecule has 2 rings (SSSR count). The molecule has 0 aliphatic carbocycles. The molecule has 0 aromatic heterocycles. The summed E-state index contributed by atoms with van der Waals surface area (Å²) in [5.74, 6) is 0.126. The molecule has 27 heavy (non-hydrogen) atoms. The first-order valence-electron chi connectivity index (χ1n) is 9.03. The van der Waals surface area contributed by atoms with Crippen LogP contribution >= 0.6 is 0 Å². The van der Waals surface area contributed by atoms with Gasteiger partial charge in [-0.1, -0.05) is 29.8 Å². The van der Waals surface area contributed by atoms with Gasteiger partial charge >= 0.3 is 0 Å². The molecule has 0 N–H and O–H groups in total. The molecule has 0 aliphatic heterocycles. The molecule has 0 atom stereocenters. The minimum Gasteiger partial charge on any atom is -0.354 e. The fourth-order valence-electron chi connectivity index (χ4n) is 3.05. The molecule has 0 radical (unpaired) electrons. The van der Waals surface area contributed by atoms with Crippen LogP contribution in [0.4, 0.5) is 4.39 Å². The summed E-state index contributed by atoms with van der Waals surface area (Å²) >= 11 is 0. The van der Waals surface area contributed by atoms with Gasteiger partial charge in [-0.25, -0.2) is 4.39 Å². The van der Waals surface area contributed by atoms with Crippen LogP contribution < -0.4 is 0 Å². The van der Waals surface area contributed by atoms with E-state index in [1.54, 1.807) is 36.4 Å². The summed E-state index contributed by atoms with van der Waals surface area (Å²) in [5.41, 5.74) is 1.79. The number of nitrogens with zero attached hydrogens (tertiary/aromatic N) is 2. The van der Waals surface area contributed by atoms with Crippen molar-refractivity contribution in [2.45, 2.75) is 58.0 Å². The Morgan fingerprint density at radius 2 is 1.48 bits per heavy atom. The zero-order chi connectivity index (χ0) is 20.2. The largest absolute Gasteiger partial charge is 0.354 e. The first kappa shape index (κ1) is 21.1. The maximum Gasteiger partial charge on any atom is 0.283 e. The van der Waals surface area contributed by atoms with Crippen LogP contribution in [-0.2, 0) is 16.4 Å². The summed E-state index contributed by atoms with van der Waals surface area (Å²) in [4.78, 5) is 2.15. The van der Waals surface area contributed by atoms with E-state index >= 15 is 0 Å². The SMILES string of the molecule is Cc1ccc(S(=O)(=O)/N=C(\Cc2ccc(F)cc2)N(C(C)C)C(C)C)cc1. The van der Waals surface area contributed by atoms with E-state index in [4.69, 9.17) is 0 Å². The van der Waals surface area contributed by atoms with Crippen molar-refractivity contribution in [3.05, 3.63) is 65.5 Å². The molecule has 0 heterocycles. The summed E-state index contributed by atoms with van der Waals surface area (Å²) in [6.07, 6.45) is 0.307. The van der Waals surface area contributed by atoms with E-state index in [0.717, 1.165) is 11.1 Å². The smallest absolute Gasteiger partial charge is 0.283 e. The van der Waals surface area contributed by atoms with Gasteiger partial charge in [-0.2, -0.15) is 8.42 Å². The minimum absolute atomic E-state index is 0.0671. The zero-order valence-corrected chi connectivity index (χ0v) is 17.3. The Morgan fingerprint density at radius 3 is 1.96 bits per heavy atom. The highest BCUT2D eigenvalue weighted by Gasteiger charge is 2.23. The maximum atomic E-state index is 13.2. The quantitative estimate of drug-likeness (QED) is 0.536. The van der Waals surface area contributed by atoms with Crippen LogP contribution in [0.2, 0.25) is 0 Å². The summed E-state index contributed by atoms with van der Waals surface area (Å²) in [5, 5.41) is 0. The fraction of sp³-hybridized carbons (Fsp3) is 0.381. The number of aryl methyl sites for hydroxylation is 1. The molecule has 0 fully saturated rings. The Balaban J connectivity index is 2.51.